The van der Waals surface area contributed by atoms with Gasteiger partial charge in [0.15, 0.2) is 5.13 Å². The van der Waals surface area contributed by atoms with Crippen LogP contribution in [0.4, 0.5) is 5.13 Å². The third-order valence-corrected chi connectivity index (χ3v) is 6.32. The maximum absolute atomic E-state index is 12.8. The third-order valence-electron chi connectivity index (χ3n) is 5.63. The van der Waals surface area contributed by atoms with Crippen molar-refractivity contribution in [2.24, 2.45) is 0 Å². The minimum Gasteiger partial charge on any atom is -0.491 e. The van der Waals surface area contributed by atoms with Crippen LogP contribution in [0.1, 0.15) is 15.9 Å². The van der Waals surface area contributed by atoms with E-state index in [0.717, 1.165) is 55.2 Å². The van der Waals surface area contributed by atoms with E-state index in [0.29, 0.717) is 28.6 Å². The molecular weight excluding hydrogens is 438 g/mol. The zero-order chi connectivity index (χ0) is 22.6. The predicted molar refractivity (Wildman–Crippen MR) is 129 cm³/mol. The summed E-state index contributed by atoms with van der Waals surface area (Å²) in [6, 6.07) is 11.5. The maximum Gasteiger partial charge on any atom is 0.259 e. The first kappa shape index (κ1) is 21.6. The number of para-hydroxylation sites is 2. The Morgan fingerprint density at radius 3 is 2.91 bits per heavy atom. The van der Waals surface area contributed by atoms with Crippen LogP contribution >= 0.6 is 11.3 Å². The van der Waals surface area contributed by atoms with Gasteiger partial charge in [-0.25, -0.2) is 9.97 Å². The second-order valence-corrected chi connectivity index (χ2v) is 8.73. The number of carbonyl (C=O) groups is 1. The van der Waals surface area contributed by atoms with E-state index in [1.165, 1.54) is 11.3 Å². The monoisotopic (exact) mass is 463 g/mol. The summed E-state index contributed by atoms with van der Waals surface area (Å²) in [4.78, 5) is 27.5. The number of amides is 1. The number of ether oxygens (including phenoxy) is 2. The molecule has 9 heteroatoms. The number of aromatic nitrogens is 3. The van der Waals surface area contributed by atoms with Gasteiger partial charge in [-0.15, -0.1) is 11.3 Å². The average Bonchev–Trinajstić information content (AvgIpc) is 3.50. The lowest BCUT2D eigenvalue weighted by atomic mass is 10.1. The van der Waals surface area contributed by atoms with Crippen molar-refractivity contribution in [3.63, 3.8) is 0 Å². The van der Waals surface area contributed by atoms with Crippen LogP contribution in [0.5, 0.6) is 5.75 Å². The fraction of sp³-hybridized carbons (Fsp3) is 0.292. The Hall–Kier alpha value is -3.27. The van der Waals surface area contributed by atoms with Crippen LogP contribution in [0.25, 0.3) is 22.4 Å². The quantitative estimate of drug-likeness (QED) is 0.431. The number of hydrogen-bond donors (Lipinski definition) is 2. The van der Waals surface area contributed by atoms with Gasteiger partial charge in [0.25, 0.3) is 5.91 Å². The van der Waals surface area contributed by atoms with Gasteiger partial charge >= 0.3 is 0 Å². The second-order valence-electron chi connectivity index (χ2n) is 7.83. The van der Waals surface area contributed by atoms with Gasteiger partial charge in [-0.3, -0.25) is 15.0 Å². The molecule has 2 aromatic heterocycles. The van der Waals surface area contributed by atoms with Crippen LogP contribution in [-0.2, 0) is 4.74 Å². The highest BCUT2D eigenvalue weighted by Gasteiger charge is 2.18. The van der Waals surface area contributed by atoms with Crippen LogP contribution in [0.15, 0.2) is 48.0 Å². The summed E-state index contributed by atoms with van der Waals surface area (Å²) in [5.74, 6) is 1.24. The molecule has 2 aromatic carbocycles. The Morgan fingerprint density at radius 1 is 1.24 bits per heavy atom. The van der Waals surface area contributed by atoms with Crippen LogP contribution < -0.4 is 10.1 Å². The van der Waals surface area contributed by atoms with Crippen LogP contribution in [0.2, 0.25) is 0 Å². The molecule has 3 heterocycles. The molecule has 4 aromatic rings. The van der Waals surface area contributed by atoms with E-state index in [1.807, 2.05) is 42.6 Å². The van der Waals surface area contributed by atoms with E-state index in [2.05, 4.69) is 20.2 Å². The summed E-state index contributed by atoms with van der Waals surface area (Å²) in [6.45, 7) is 6.86. The molecule has 0 spiro atoms. The van der Waals surface area contributed by atoms with Crippen molar-refractivity contribution in [1.82, 2.24) is 19.9 Å². The molecule has 8 nitrogen and oxygen atoms in total. The number of imidazole rings is 1. The third kappa shape index (κ3) is 4.75. The van der Waals surface area contributed by atoms with Crippen molar-refractivity contribution >= 4 is 33.4 Å². The lowest BCUT2D eigenvalue weighted by Gasteiger charge is -2.26. The second kappa shape index (κ2) is 9.70. The van der Waals surface area contributed by atoms with Crippen molar-refractivity contribution in [2.45, 2.75) is 6.92 Å². The number of fused-ring (bicyclic) bond motifs is 1. The number of rotatable bonds is 7. The molecule has 1 fully saturated rings. The molecule has 1 aliphatic rings. The summed E-state index contributed by atoms with van der Waals surface area (Å²) < 4.78 is 11.7. The topological polar surface area (TPSA) is 92.4 Å². The standard InChI is InChI=1S/C24H25N5O3S/c1-16-4-2-6-18(21(16)32-14-11-29-9-12-31-13-10-29)22-26-19-7-3-5-17(20(19)27-22)23(30)28-24-25-8-15-33-24/h2-8,15H,9-14H2,1H3,(H,26,27)(H,25,28,30). The number of H-pyrrole nitrogens is 1. The number of aryl methyl sites for hydroxylation is 1. The number of hydrogen-bond acceptors (Lipinski definition) is 7. The molecule has 0 aliphatic carbocycles. The number of anilines is 1. The molecular formula is C24H25N5O3S. The minimum atomic E-state index is -0.236. The van der Waals surface area contributed by atoms with Gasteiger partial charge in [-0.05, 0) is 30.7 Å². The fourth-order valence-electron chi connectivity index (χ4n) is 3.92. The van der Waals surface area contributed by atoms with Gasteiger partial charge < -0.3 is 14.5 Å². The van der Waals surface area contributed by atoms with Gasteiger partial charge in [0, 0.05) is 31.2 Å². The van der Waals surface area contributed by atoms with Crippen molar-refractivity contribution in [3.8, 4) is 17.1 Å². The number of thiazole rings is 1. The molecule has 1 saturated heterocycles. The Bertz CT molecular complexity index is 1250. The highest BCUT2D eigenvalue weighted by molar-refractivity contribution is 7.13. The van der Waals surface area contributed by atoms with Gasteiger partial charge in [0.05, 0.1) is 29.9 Å². The van der Waals surface area contributed by atoms with Crippen LogP contribution in [0.3, 0.4) is 0 Å². The molecule has 2 N–H and O–H groups in total. The van der Waals surface area contributed by atoms with E-state index >= 15 is 0 Å². The highest BCUT2D eigenvalue weighted by atomic mass is 32.1. The highest BCUT2D eigenvalue weighted by Crippen LogP contribution is 2.33. The van der Waals surface area contributed by atoms with Gasteiger partial charge in [0.2, 0.25) is 0 Å². The summed E-state index contributed by atoms with van der Waals surface area (Å²) in [6.07, 6.45) is 1.66. The SMILES string of the molecule is Cc1cccc(-c2nc3c(C(=O)Nc4nccs4)cccc3[nH]2)c1OCCN1CCOCC1. The number of aromatic amines is 1. The fourth-order valence-corrected chi connectivity index (χ4v) is 4.45. The minimum absolute atomic E-state index is 0.236. The van der Waals surface area contributed by atoms with Gasteiger partial charge in [-0.2, -0.15) is 0 Å². The molecule has 170 valence electrons. The van der Waals surface area contributed by atoms with E-state index < -0.39 is 0 Å². The van der Waals surface area contributed by atoms with Crippen molar-refractivity contribution in [3.05, 3.63) is 59.1 Å². The van der Waals surface area contributed by atoms with Gasteiger partial charge in [-0.1, -0.05) is 18.2 Å². The summed E-state index contributed by atoms with van der Waals surface area (Å²) in [5, 5.41) is 5.21. The zero-order valence-corrected chi connectivity index (χ0v) is 19.2. The average molecular weight is 464 g/mol. The smallest absolute Gasteiger partial charge is 0.259 e. The first-order chi connectivity index (χ1) is 16.2. The predicted octanol–water partition coefficient (Wildman–Crippen LogP) is 3.96. The van der Waals surface area contributed by atoms with Crippen LogP contribution in [0, 0.1) is 6.92 Å². The number of carbonyl (C=O) groups excluding carboxylic acids is 1. The largest absolute Gasteiger partial charge is 0.491 e. The molecule has 0 bridgehead atoms. The van der Waals surface area contributed by atoms with Crippen LogP contribution in [-0.4, -0.2) is 65.2 Å². The zero-order valence-electron chi connectivity index (χ0n) is 18.3. The number of nitrogens with zero attached hydrogens (tertiary/aromatic N) is 3. The molecule has 1 amide bonds. The van der Waals surface area contributed by atoms with E-state index in [9.17, 15) is 4.79 Å². The van der Waals surface area contributed by atoms with E-state index in [1.54, 1.807) is 12.3 Å². The maximum atomic E-state index is 12.8. The van der Waals surface area contributed by atoms with Crippen molar-refractivity contribution < 1.29 is 14.3 Å². The molecule has 33 heavy (non-hydrogen) atoms. The summed E-state index contributed by atoms with van der Waals surface area (Å²) >= 11 is 1.38. The number of nitrogens with one attached hydrogen (secondary N) is 2. The molecule has 0 radical (unpaired) electrons. The first-order valence-electron chi connectivity index (χ1n) is 10.9. The molecule has 5 rings (SSSR count). The van der Waals surface area contributed by atoms with Crippen molar-refractivity contribution in [1.29, 1.82) is 0 Å². The number of morpholine rings is 1. The summed E-state index contributed by atoms with van der Waals surface area (Å²) in [5.41, 5.74) is 3.81. The Labute approximate surface area is 195 Å². The Balaban J connectivity index is 1.41. The lowest BCUT2D eigenvalue weighted by molar-refractivity contribution is 0.0322. The molecule has 0 saturated carbocycles. The first-order valence-corrected chi connectivity index (χ1v) is 11.8. The summed E-state index contributed by atoms with van der Waals surface area (Å²) in [7, 11) is 0. The molecule has 0 atom stereocenters. The van der Waals surface area contributed by atoms with Gasteiger partial charge in [0.1, 0.15) is 23.7 Å². The van der Waals surface area contributed by atoms with E-state index in [4.69, 9.17) is 14.5 Å². The Kier molecular flexibility index (Phi) is 6.34. The van der Waals surface area contributed by atoms with Crippen molar-refractivity contribution in [2.75, 3.05) is 44.8 Å². The Morgan fingerprint density at radius 2 is 2.09 bits per heavy atom. The normalized spacial score (nSPS) is 14.5. The molecule has 0 unspecified atom stereocenters. The molecule has 1 aliphatic heterocycles. The van der Waals surface area contributed by atoms with E-state index in [-0.39, 0.29) is 5.91 Å². The number of benzene rings is 2. The lowest BCUT2D eigenvalue weighted by Crippen LogP contribution is -2.38.